The van der Waals surface area contributed by atoms with Crippen LogP contribution < -0.4 is 5.32 Å². The summed E-state index contributed by atoms with van der Waals surface area (Å²) in [5.74, 6) is 0.275. The molecule has 0 unspecified atom stereocenters. The van der Waals surface area contributed by atoms with Gasteiger partial charge in [-0.2, -0.15) is 13.2 Å². The number of rotatable bonds is 3. The first-order chi connectivity index (χ1) is 8.58. The minimum Gasteiger partial charge on any atom is -0.369 e. The smallest absolute Gasteiger partial charge is 0.369 e. The number of nitrogens with one attached hydrogen (secondary N) is 1. The summed E-state index contributed by atoms with van der Waals surface area (Å²) < 4.78 is 38.4. The molecule has 0 radical (unpaired) electrons. The summed E-state index contributed by atoms with van der Waals surface area (Å²) >= 11 is 0. The summed E-state index contributed by atoms with van der Waals surface area (Å²) in [6.45, 7) is 9.08. The van der Waals surface area contributed by atoms with Gasteiger partial charge in [-0.15, -0.1) is 0 Å². The van der Waals surface area contributed by atoms with Crippen molar-refractivity contribution in [3.8, 4) is 0 Å². The lowest BCUT2D eigenvalue weighted by molar-refractivity contribution is -0.137. The number of hydrogen-bond donors (Lipinski definition) is 1. The van der Waals surface area contributed by atoms with E-state index in [1.165, 1.54) is 12.3 Å². The van der Waals surface area contributed by atoms with Gasteiger partial charge < -0.3 is 5.32 Å². The molecule has 106 valence electrons. The molecular weight excluding hydrogens is 253 g/mol. The lowest BCUT2D eigenvalue weighted by atomic mass is 10.0. The first-order valence-corrected chi connectivity index (χ1v) is 6.34. The Hall–Kier alpha value is -1.26. The molecule has 1 aliphatic rings. The highest BCUT2D eigenvalue weighted by Gasteiger charge is 2.64. The fourth-order valence-electron chi connectivity index (χ4n) is 2.82. The summed E-state index contributed by atoms with van der Waals surface area (Å²) in [5, 5.41) is 2.86. The maximum atomic E-state index is 12.8. The summed E-state index contributed by atoms with van der Waals surface area (Å²) in [6, 6.07) is 2.36. The van der Waals surface area contributed by atoms with E-state index in [0.29, 0.717) is 12.5 Å². The van der Waals surface area contributed by atoms with Crippen LogP contribution in [0.5, 0.6) is 0 Å². The summed E-state index contributed by atoms with van der Waals surface area (Å²) in [5.41, 5.74) is -0.411. The van der Waals surface area contributed by atoms with E-state index in [1.807, 2.05) is 0 Å². The Morgan fingerprint density at radius 1 is 1.21 bits per heavy atom. The molecule has 1 heterocycles. The van der Waals surface area contributed by atoms with Crippen molar-refractivity contribution in [2.24, 2.45) is 16.7 Å². The standard InChI is InChI=1S/C14H19F3N2/c1-12(2)10(13(12,3)4)8-19-11-9(14(15,16)17)6-5-7-18-11/h5-7,10H,8H2,1-4H3,(H,18,19). The highest BCUT2D eigenvalue weighted by Crippen LogP contribution is 2.68. The lowest BCUT2D eigenvalue weighted by Gasteiger charge is -2.13. The highest BCUT2D eigenvalue weighted by molar-refractivity contribution is 5.46. The number of hydrogen-bond acceptors (Lipinski definition) is 2. The largest absolute Gasteiger partial charge is 0.419 e. The van der Waals surface area contributed by atoms with Gasteiger partial charge in [-0.05, 0) is 28.9 Å². The van der Waals surface area contributed by atoms with Crippen molar-refractivity contribution in [1.82, 2.24) is 4.98 Å². The van der Waals surface area contributed by atoms with E-state index >= 15 is 0 Å². The predicted molar refractivity (Wildman–Crippen MR) is 68.8 cm³/mol. The van der Waals surface area contributed by atoms with Crippen LogP contribution in [0.2, 0.25) is 0 Å². The topological polar surface area (TPSA) is 24.9 Å². The van der Waals surface area contributed by atoms with Crippen LogP contribution in [0, 0.1) is 16.7 Å². The van der Waals surface area contributed by atoms with Gasteiger partial charge in [0.25, 0.3) is 0 Å². The minimum atomic E-state index is -4.37. The quantitative estimate of drug-likeness (QED) is 0.892. The van der Waals surface area contributed by atoms with Crippen molar-refractivity contribution in [2.75, 3.05) is 11.9 Å². The molecular formula is C14H19F3N2. The van der Waals surface area contributed by atoms with Crippen molar-refractivity contribution in [1.29, 1.82) is 0 Å². The van der Waals surface area contributed by atoms with E-state index < -0.39 is 11.7 Å². The summed E-state index contributed by atoms with van der Waals surface area (Å²) in [7, 11) is 0. The Labute approximate surface area is 111 Å². The van der Waals surface area contributed by atoms with E-state index in [4.69, 9.17) is 0 Å². The second kappa shape index (κ2) is 4.12. The van der Waals surface area contributed by atoms with Crippen molar-refractivity contribution in [3.05, 3.63) is 23.9 Å². The fraction of sp³-hybridized carbons (Fsp3) is 0.643. The molecule has 0 aromatic carbocycles. The zero-order valence-corrected chi connectivity index (χ0v) is 11.6. The number of pyridine rings is 1. The highest BCUT2D eigenvalue weighted by atomic mass is 19.4. The van der Waals surface area contributed by atoms with Gasteiger partial charge in [-0.3, -0.25) is 0 Å². The Bertz CT molecular complexity index is 464. The molecule has 2 rings (SSSR count). The van der Waals surface area contributed by atoms with Crippen LogP contribution >= 0.6 is 0 Å². The first-order valence-electron chi connectivity index (χ1n) is 6.34. The number of anilines is 1. The maximum Gasteiger partial charge on any atom is 0.419 e. The normalized spacial score (nSPS) is 21.2. The van der Waals surface area contributed by atoms with Crippen molar-refractivity contribution >= 4 is 5.82 Å². The molecule has 0 spiro atoms. The zero-order chi connectivity index (χ0) is 14.5. The second-order valence-corrected chi connectivity index (χ2v) is 6.27. The molecule has 1 fully saturated rings. The Morgan fingerprint density at radius 2 is 1.79 bits per heavy atom. The Balaban J connectivity index is 2.10. The molecule has 0 bridgehead atoms. The average molecular weight is 272 g/mol. The van der Waals surface area contributed by atoms with Crippen LogP contribution in [0.4, 0.5) is 19.0 Å². The Kier molecular flexibility index (Phi) is 3.07. The minimum absolute atomic E-state index is 0.0755. The van der Waals surface area contributed by atoms with Crippen molar-refractivity contribution in [2.45, 2.75) is 33.9 Å². The van der Waals surface area contributed by atoms with Crippen LogP contribution in [0.15, 0.2) is 18.3 Å². The first kappa shape index (κ1) is 14.2. The van der Waals surface area contributed by atoms with Gasteiger partial charge >= 0.3 is 6.18 Å². The van der Waals surface area contributed by atoms with Crippen LogP contribution in [0.3, 0.4) is 0 Å². The van der Waals surface area contributed by atoms with Gasteiger partial charge in [0.1, 0.15) is 5.82 Å². The summed E-state index contributed by atoms with van der Waals surface area (Å²) in [4.78, 5) is 3.81. The van der Waals surface area contributed by atoms with E-state index in [2.05, 4.69) is 38.0 Å². The molecule has 0 saturated heterocycles. The van der Waals surface area contributed by atoms with Gasteiger partial charge in [0, 0.05) is 12.7 Å². The molecule has 19 heavy (non-hydrogen) atoms. The molecule has 1 aliphatic carbocycles. The van der Waals surface area contributed by atoms with E-state index in [9.17, 15) is 13.2 Å². The van der Waals surface area contributed by atoms with Crippen LogP contribution in [-0.4, -0.2) is 11.5 Å². The fourth-order valence-corrected chi connectivity index (χ4v) is 2.82. The zero-order valence-electron chi connectivity index (χ0n) is 11.6. The monoisotopic (exact) mass is 272 g/mol. The molecule has 2 nitrogen and oxygen atoms in total. The summed E-state index contributed by atoms with van der Waals surface area (Å²) in [6.07, 6.45) is -2.99. The van der Waals surface area contributed by atoms with E-state index in [0.717, 1.165) is 6.07 Å². The van der Waals surface area contributed by atoms with Gasteiger partial charge in [-0.1, -0.05) is 27.7 Å². The molecule has 1 aromatic heterocycles. The van der Waals surface area contributed by atoms with Gasteiger partial charge in [-0.25, -0.2) is 4.98 Å². The third-order valence-corrected chi connectivity index (χ3v) is 4.91. The molecule has 5 heteroatoms. The number of alkyl halides is 3. The van der Waals surface area contributed by atoms with Crippen molar-refractivity contribution in [3.63, 3.8) is 0 Å². The number of halogens is 3. The molecule has 0 amide bonds. The number of aromatic nitrogens is 1. The molecule has 1 aromatic rings. The van der Waals surface area contributed by atoms with Crippen LogP contribution in [0.25, 0.3) is 0 Å². The number of nitrogens with zero attached hydrogens (tertiary/aromatic N) is 1. The van der Waals surface area contributed by atoms with E-state index in [-0.39, 0.29) is 16.6 Å². The van der Waals surface area contributed by atoms with Gasteiger partial charge in [0.2, 0.25) is 0 Å². The predicted octanol–water partition coefficient (Wildman–Crippen LogP) is 4.19. The Morgan fingerprint density at radius 3 is 2.26 bits per heavy atom. The SMILES string of the molecule is CC1(C)C(CNc2ncccc2C(F)(F)F)C1(C)C. The van der Waals surface area contributed by atoms with E-state index in [1.54, 1.807) is 0 Å². The second-order valence-electron chi connectivity index (χ2n) is 6.27. The van der Waals surface area contributed by atoms with Crippen molar-refractivity contribution < 1.29 is 13.2 Å². The lowest BCUT2D eigenvalue weighted by Crippen LogP contribution is -2.15. The molecule has 1 N–H and O–H groups in total. The maximum absolute atomic E-state index is 12.8. The van der Waals surface area contributed by atoms with Gasteiger partial charge in [0.15, 0.2) is 0 Å². The average Bonchev–Trinajstić information content (AvgIpc) is 2.66. The van der Waals surface area contributed by atoms with Crippen LogP contribution in [-0.2, 0) is 6.18 Å². The molecule has 0 aliphatic heterocycles. The van der Waals surface area contributed by atoms with Gasteiger partial charge in [0.05, 0.1) is 5.56 Å². The molecule has 1 saturated carbocycles. The third kappa shape index (κ3) is 2.30. The molecule has 0 atom stereocenters. The third-order valence-electron chi connectivity index (χ3n) is 4.91. The van der Waals surface area contributed by atoms with Crippen LogP contribution in [0.1, 0.15) is 33.3 Å².